The van der Waals surface area contributed by atoms with Crippen LogP contribution in [0.3, 0.4) is 0 Å². The van der Waals surface area contributed by atoms with Gasteiger partial charge in [0.05, 0.1) is 6.61 Å². The molecule has 4 nitrogen and oxygen atoms in total. The van der Waals surface area contributed by atoms with E-state index < -0.39 is 11.7 Å². The number of rotatable bonds is 3. The first-order valence-electron chi connectivity index (χ1n) is 3.75. The van der Waals surface area contributed by atoms with Crippen molar-refractivity contribution in [1.82, 2.24) is 10.3 Å². The Morgan fingerprint density at radius 3 is 3.08 bits per heavy atom. The minimum absolute atomic E-state index is 0.0921. The van der Waals surface area contributed by atoms with Crippen LogP contribution in [0.15, 0.2) is 18.3 Å². The highest BCUT2D eigenvalue weighted by Gasteiger charge is 2.10. The number of carbonyl (C=O) groups excluding carboxylic acids is 1. The molecule has 0 atom stereocenters. The predicted octanol–water partition coefficient (Wildman–Crippen LogP) is -0.0572. The van der Waals surface area contributed by atoms with Gasteiger partial charge in [-0.1, -0.05) is 0 Å². The maximum atomic E-state index is 12.9. The monoisotopic (exact) mass is 184 g/mol. The largest absolute Gasteiger partial charge is 0.395 e. The van der Waals surface area contributed by atoms with Crippen molar-refractivity contribution in [2.45, 2.75) is 0 Å². The van der Waals surface area contributed by atoms with Crippen molar-refractivity contribution in [3.63, 3.8) is 0 Å². The van der Waals surface area contributed by atoms with Crippen LogP contribution >= 0.6 is 0 Å². The lowest BCUT2D eigenvalue weighted by atomic mass is 10.3. The number of hydrogen-bond acceptors (Lipinski definition) is 3. The molecule has 70 valence electrons. The maximum Gasteiger partial charge on any atom is 0.273 e. The number of amides is 1. The minimum atomic E-state index is -0.669. The summed E-state index contributed by atoms with van der Waals surface area (Å²) >= 11 is 0. The van der Waals surface area contributed by atoms with Crippen LogP contribution in [0.2, 0.25) is 0 Å². The van der Waals surface area contributed by atoms with E-state index in [0.717, 1.165) is 6.07 Å². The summed E-state index contributed by atoms with van der Waals surface area (Å²) in [5, 5.41) is 10.7. The van der Waals surface area contributed by atoms with Gasteiger partial charge in [-0.15, -0.1) is 0 Å². The molecule has 0 radical (unpaired) electrons. The first kappa shape index (κ1) is 9.60. The van der Waals surface area contributed by atoms with Gasteiger partial charge in [-0.3, -0.25) is 4.79 Å². The van der Waals surface area contributed by atoms with Crippen molar-refractivity contribution in [2.24, 2.45) is 0 Å². The summed E-state index contributed by atoms with van der Waals surface area (Å²) in [4.78, 5) is 14.7. The summed E-state index contributed by atoms with van der Waals surface area (Å²) in [6.07, 6.45) is 1.33. The van der Waals surface area contributed by atoms with Gasteiger partial charge in [0, 0.05) is 12.7 Å². The Balaban J connectivity index is 2.71. The topological polar surface area (TPSA) is 62.2 Å². The molecule has 13 heavy (non-hydrogen) atoms. The summed E-state index contributed by atoms with van der Waals surface area (Å²) < 4.78 is 12.9. The highest BCUT2D eigenvalue weighted by atomic mass is 19.1. The fourth-order valence-electron chi connectivity index (χ4n) is 0.806. The second-order valence-electron chi connectivity index (χ2n) is 2.31. The zero-order chi connectivity index (χ0) is 9.68. The average Bonchev–Trinajstić information content (AvgIpc) is 2.15. The minimum Gasteiger partial charge on any atom is -0.395 e. The van der Waals surface area contributed by atoms with E-state index in [1.807, 2.05) is 0 Å². The number of pyridine rings is 1. The van der Waals surface area contributed by atoms with E-state index in [2.05, 4.69) is 10.3 Å². The van der Waals surface area contributed by atoms with Crippen LogP contribution in [0.1, 0.15) is 10.5 Å². The van der Waals surface area contributed by atoms with E-state index in [-0.39, 0.29) is 18.8 Å². The van der Waals surface area contributed by atoms with E-state index in [9.17, 15) is 9.18 Å². The van der Waals surface area contributed by atoms with Crippen LogP contribution in [0.5, 0.6) is 0 Å². The first-order chi connectivity index (χ1) is 6.25. The van der Waals surface area contributed by atoms with Gasteiger partial charge in [0.25, 0.3) is 5.91 Å². The summed E-state index contributed by atoms with van der Waals surface area (Å²) in [5.74, 6) is -1.29. The fraction of sp³-hybridized carbons (Fsp3) is 0.250. The smallest absolute Gasteiger partial charge is 0.273 e. The van der Waals surface area contributed by atoms with Crippen LogP contribution in [0.4, 0.5) is 4.39 Å². The van der Waals surface area contributed by atoms with Gasteiger partial charge in [-0.2, -0.15) is 0 Å². The van der Waals surface area contributed by atoms with Crippen LogP contribution in [0.25, 0.3) is 0 Å². The predicted molar refractivity (Wildman–Crippen MR) is 43.6 cm³/mol. The molecule has 1 rings (SSSR count). The van der Waals surface area contributed by atoms with E-state index in [0.29, 0.717) is 0 Å². The van der Waals surface area contributed by atoms with Gasteiger partial charge in [0.15, 0.2) is 11.5 Å². The van der Waals surface area contributed by atoms with E-state index in [1.165, 1.54) is 12.3 Å². The zero-order valence-electron chi connectivity index (χ0n) is 6.83. The van der Waals surface area contributed by atoms with E-state index >= 15 is 0 Å². The third-order valence-electron chi connectivity index (χ3n) is 1.37. The Kier molecular flexibility index (Phi) is 3.33. The van der Waals surface area contributed by atoms with Gasteiger partial charge in [-0.25, -0.2) is 9.37 Å². The Morgan fingerprint density at radius 1 is 1.69 bits per heavy atom. The summed E-state index contributed by atoms with van der Waals surface area (Å²) in [6, 6.07) is 2.55. The number of aromatic nitrogens is 1. The molecule has 0 spiro atoms. The van der Waals surface area contributed by atoms with Crippen LogP contribution in [-0.2, 0) is 0 Å². The molecule has 0 saturated carbocycles. The molecule has 2 N–H and O–H groups in total. The normalized spacial score (nSPS) is 9.69. The van der Waals surface area contributed by atoms with Gasteiger partial charge in [0.1, 0.15) is 0 Å². The second-order valence-corrected chi connectivity index (χ2v) is 2.31. The molecule has 0 unspecified atom stereocenters. The van der Waals surface area contributed by atoms with Crippen molar-refractivity contribution >= 4 is 5.91 Å². The van der Waals surface area contributed by atoms with Crippen LogP contribution in [-0.4, -0.2) is 29.1 Å². The standard InChI is InChI=1S/C8H9FN2O2/c9-6-2-1-3-10-7(6)8(13)11-4-5-12/h1-3,12H,4-5H2,(H,11,13). The Bertz CT molecular complexity index is 304. The van der Waals surface area contributed by atoms with Crippen molar-refractivity contribution in [3.8, 4) is 0 Å². The molecule has 0 aliphatic rings. The lowest BCUT2D eigenvalue weighted by Gasteiger charge is -2.02. The molecule has 0 fully saturated rings. The first-order valence-corrected chi connectivity index (χ1v) is 3.75. The lowest BCUT2D eigenvalue weighted by Crippen LogP contribution is -2.28. The average molecular weight is 184 g/mol. The summed E-state index contributed by atoms with van der Waals surface area (Å²) in [6.45, 7) is -0.0883. The molecular formula is C8H9FN2O2. The number of nitrogens with one attached hydrogen (secondary N) is 1. The summed E-state index contributed by atoms with van der Waals surface area (Å²) in [5.41, 5.74) is -0.254. The van der Waals surface area contributed by atoms with Crippen molar-refractivity contribution in [3.05, 3.63) is 29.8 Å². The molecule has 0 aromatic carbocycles. The van der Waals surface area contributed by atoms with Gasteiger partial charge < -0.3 is 10.4 Å². The van der Waals surface area contributed by atoms with Crippen molar-refractivity contribution in [2.75, 3.05) is 13.2 Å². The highest BCUT2D eigenvalue weighted by Crippen LogP contribution is 2.01. The molecule has 5 heteroatoms. The van der Waals surface area contributed by atoms with Gasteiger partial charge >= 0.3 is 0 Å². The quantitative estimate of drug-likeness (QED) is 0.692. The molecule has 0 aliphatic heterocycles. The van der Waals surface area contributed by atoms with Crippen LogP contribution < -0.4 is 5.32 Å². The fourth-order valence-corrected chi connectivity index (χ4v) is 0.806. The SMILES string of the molecule is O=C(NCCO)c1ncccc1F. The number of hydrogen-bond donors (Lipinski definition) is 2. The third kappa shape index (κ3) is 2.48. The number of aliphatic hydroxyl groups excluding tert-OH is 1. The molecule has 1 heterocycles. The van der Waals surface area contributed by atoms with E-state index in [4.69, 9.17) is 5.11 Å². The molecule has 1 aromatic rings. The Hall–Kier alpha value is -1.49. The van der Waals surface area contributed by atoms with Crippen molar-refractivity contribution in [1.29, 1.82) is 0 Å². The molecule has 1 amide bonds. The third-order valence-corrected chi connectivity index (χ3v) is 1.37. The summed E-state index contributed by atoms with van der Waals surface area (Å²) in [7, 11) is 0. The van der Waals surface area contributed by atoms with Crippen LogP contribution in [0, 0.1) is 5.82 Å². The molecule has 1 aromatic heterocycles. The zero-order valence-corrected chi connectivity index (χ0v) is 6.83. The highest BCUT2D eigenvalue weighted by molar-refractivity contribution is 5.92. The number of carbonyl (C=O) groups is 1. The Labute approximate surface area is 74.4 Å². The van der Waals surface area contributed by atoms with E-state index in [1.54, 1.807) is 0 Å². The number of nitrogens with zero attached hydrogens (tertiary/aromatic N) is 1. The lowest BCUT2D eigenvalue weighted by molar-refractivity contribution is 0.0935. The van der Waals surface area contributed by atoms with Gasteiger partial charge in [-0.05, 0) is 12.1 Å². The Morgan fingerprint density at radius 2 is 2.46 bits per heavy atom. The second kappa shape index (κ2) is 4.51. The number of halogens is 1. The van der Waals surface area contributed by atoms with Crippen molar-refractivity contribution < 1.29 is 14.3 Å². The number of aliphatic hydroxyl groups is 1. The molecular weight excluding hydrogens is 175 g/mol. The molecule has 0 aliphatic carbocycles. The molecule has 0 bridgehead atoms. The maximum absolute atomic E-state index is 12.9. The van der Waals surface area contributed by atoms with Gasteiger partial charge in [0.2, 0.25) is 0 Å². The molecule has 0 saturated heterocycles.